The quantitative estimate of drug-likeness (QED) is 0.0662. The molecular formula is C27H27N5O14S5. The van der Waals surface area contributed by atoms with Crippen LogP contribution >= 0.6 is 0 Å². The van der Waals surface area contributed by atoms with Crippen molar-refractivity contribution in [2.75, 3.05) is 23.8 Å². The molecule has 4 aromatic rings. The highest BCUT2D eigenvalue weighted by Gasteiger charge is 2.28. The lowest BCUT2D eigenvalue weighted by molar-refractivity contribution is 0.284. The Balaban J connectivity index is 1.79. The summed E-state index contributed by atoms with van der Waals surface area (Å²) in [4.78, 5) is -1.82. The summed E-state index contributed by atoms with van der Waals surface area (Å²) in [6, 6.07) is 11.6. The van der Waals surface area contributed by atoms with Crippen LogP contribution in [-0.4, -0.2) is 74.8 Å². The molecule has 274 valence electrons. The summed E-state index contributed by atoms with van der Waals surface area (Å²) >= 11 is 0. The third kappa shape index (κ3) is 9.75. The van der Waals surface area contributed by atoms with Gasteiger partial charge in [-0.1, -0.05) is 6.92 Å². The Morgan fingerprint density at radius 2 is 1.24 bits per heavy atom. The lowest BCUT2D eigenvalue weighted by Gasteiger charge is -2.14. The van der Waals surface area contributed by atoms with Gasteiger partial charge in [-0.15, -0.1) is 10.2 Å². The standard InChI is InChI=1S/C27H27N5O14S5/c1-2-13-48(35,36)20-9-5-18(6-10-20)30-32-26-22(50(40,41)42)15-16-14-21(49(37,38)39)25(24(28)23(16)27(26)33)31-29-17-3-7-19(8-4-17)47(34)12-11-46-51(43,44)45/h3-10,14-15,33H,2,11-13,28H2,1H3,(H,37,38,39)(H,40,41,42)(H,43,44,45). The fourth-order valence-electron chi connectivity index (χ4n) is 4.42. The van der Waals surface area contributed by atoms with E-state index in [1.807, 2.05) is 0 Å². The first-order valence-electron chi connectivity index (χ1n) is 14.0. The molecule has 0 spiro atoms. The van der Waals surface area contributed by atoms with Crippen LogP contribution in [0.15, 0.2) is 101 Å². The monoisotopic (exact) mass is 805 g/mol. The zero-order valence-corrected chi connectivity index (χ0v) is 30.0. The van der Waals surface area contributed by atoms with E-state index in [1.54, 1.807) is 6.92 Å². The van der Waals surface area contributed by atoms with Crippen molar-refractivity contribution in [2.45, 2.75) is 32.9 Å². The number of fused-ring (bicyclic) bond motifs is 1. The van der Waals surface area contributed by atoms with Crippen molar-refractivity contribution in [1.29, 1.82) is 0 Å². The summed E-state index contributed by atoms with van der Waals surface area (Å²) < 4.78 is 140. The molecule has 0 heterocycles. The van der Waals surface area contributed by atoms with E-state index in [4.69, 9.17) is 10.3 Å². The molecule has 4 rings (SSSR count). The number of azo groups is 2. The summed E-state index contributed by atoms with van der Waals surface area (Å²) in [6.45, 7) is 1.11. The van der Waals surface area contributed by atoms with Gasteiger partial charge in [-0.05, 0) is 72.5 Å². The van der Waals surface area contributed by atoms with Gasteiger partial charge in [-0.2, -0.15) is 35.5 Å². The number of nitrogens with zero attached hydrogens (tertiary/aromatic N) is 4. The molecule has 0 saturated carbocycles. The summed E-state index contributed by atoms with van der Waals surface area (Å²) in [5.41, 5.74) is 4.05. The van der Waals surface area contributed by atoms with Gasteiger partial charge in [0.25, 0.3) is 20.2 Å². The van der Waals surface area contributed by atoms with Gasteiger partial charge in [-0.25, -0.2) is 12.6 Å². The number of hydrogen-bond acceptors (Lipinski definition) is 16. The molecular weight excluding hydrogens is 779 g/mol. The van der Waals surface area contributed by atoms with Gasteiger partial charge in [0, 0.05) is 4.90 Å². The van der Waals surface area contributed by atoms with Crippen molar-refractivity contribution < 1.29 is 60.8 Å². The molecule has 0 aliphatic heterocycles. The molecule has 19 nitrogen and oxygen atoms in total. The lowest BCUT2D eigenvalue weighted by atomic mass is 10.1. The van der Waals surface area contributed by atoms with Crippen molar-refractivity contribution in [2.24, 2.45) is 20.5 Å². The van der Waals surface area contributed by atoms with Crippen molar-refractivity contribution in [3.63, 3.8) is 0 Å². The number of anilines is 1. The van der Waals surface area contributed by atoms with Gasteiger partial charge in [-0.3, -0.25) is 17.9 Å². The first-order valence-corrected chi connectivity index (χ1v) is 21.2. The Kier molecular flexibility index (Phi) is 11.7. The number of phenolic OH excluding ortho intramolecular Hbond substituents is 1. The Hall–Kier alpha value is -4.27. The minimum atomic E-state index is -5.18. The van der Waals surface area contributed by atoms with E-state index in [0.717, 1.165) is 0 Å². The summed E-state index contributed by atoms with van der Waals surface area (Å²) in [7, 11) is -20.4. The van der Waals surface area contributed by atoms with Crippen LogP contribution in [0.25, 0.3) is 10.8 Å². The molecule has 0 aliphatic rings. The summed E-state index contributed by atoms with van der Waals surface area (Å²) in [6.07, 6.45) is 0.375. The molecule has 0 amide bonds. The molecule has 0 aromatic heterocycles. The van der Waals surface area contributed by atoms with E-state index in [0.29, 0.717) is 18.6 Å². The molecule has 0 fully saturated rings. The van der Waals surface area contributed by atoms with Crippen LogP contribution in [-0.2, 0) is 55.5 Å². The van der Waals surface area contributed by atoms with Crippen molar-refractivity contribution in [3.8, 4) is 5.75 Å². The van der Waals surface area contributed by atoms with Crippen LogP contribution in [0.3, 0.4) is 0 Å². The highest BCUT2D eigenvalue weighted by atomic mass is 32.3. The maximum atomic E-state index is 12.4. The SMILES string of the molecule is CCCS(=O)(=O)c1ccc(N=Nc2c(S(=O)(=O)O)cc3cc(S(=O)(=O)O)c(N=Nc4ccc(S(=O)CCOS(=O)(=O)O)cc4)c(N)c3c2O)cc1. The van der Waals surface area contributed by atoms with Gasteiger partial charge in [0.1, 0.15) is 21.2 Å². The zero-order valence-electron chi connectivity index (χ0n) is 25.9. The third-order valence-corrected chi connectivity index (χ3v) is 12.1. The predicted octanol–water partition coefficient (Wildman–Crippen LogP) is 4.56. The molecule has 1 unspecified atom stereocenters. The van der Waals surface area contributed by atoms with Gasteiger partial charge in [0.15, 0.2) is 15.6 Å². The smallest absolute Gasteiger partial charge is 0.397 e. The maximum absolute atomic E-state index is 12.4. The van der Waals surface area contributed by atoms with Crippen LogP contribution < -0.4 is 5.73 Å². The highest BCUT2D eigenvalue weighted by molar-refractivity contribution is 7.91. The van der Waals surface area contributed by atoms with Crippen molar-refractivity contribution in [1.82, 2.24) is 0 Å². The van der Waals surface area contributed by atoms with Crippen LogP contribution in [0.4, 0.5) is 28.4 Å². The van der Waals surface area contributed by atoms with Crippen LogP contribution in [0, 0.1) is 0 Å². The van der Waals surface area contributed by atoms with Crippen LogP contribution in [0.2, 0.25) is 0 Å². The molecule has 1 atom stereocenters. The Morgan fingerprint density at radius 3 is 1.73 bits per heavy atom. The van der Waals surface area contributed by atoms with E-state index in [1.165, 1.54) is 48.5 Å². The number of benzene rings is 4. The van der Waals surface area contributed by atoms with Gasteiger partial charge >= 0.3 is 10.4 Å². The molecule has 0 radical (unpaired) electrons. The van der Waals surface area contributed by atoms with E-state index in [2.05, 4.69) is 24.6 Å². The number of phenols is 1. The van der Waals surface area contributed by atoms with Crippen molar-refractivity contribution >= 4 is 90.5 Å². The molecule has 4 aromatic carbocycles. The van der Waals surface area contributed by atoms with Crippen LogP contribution in [0.5, 0.6) is 5.75 Å². The lowest BCUT2D eigenvalue weighted by Crippen LogP contribution is -2.11. The first kappa shape index (κ1) is 39.5. The van der Waals surface area contributed by atoms with E-state index in [9.17, 15) is 52.1 Å². The molecule has 6 N–H and O–H groups in total. The average Bonchev–Trinajstić information content (AvgIpc) is 3.02. The third-order valence-electron chi connectivity index (χ3n) is 6.67. The fourth-order valence-corrected chi connectivity index (χ4v) is 8.39. The van der Waals surface area contributed by atoms with E-state index < -0.39 is 101 Å². The Morgan fingerprint density at radius 1 is 0.745 bits per heavy atom. The number of hydrogen-bond donors (Lipinski definition) is 5. The predicted molar refractivity (Wildman–Crippen MR) is 182 cm³/mol. The molecule has 0 bridgehead atoms. The summed E-state index contributed by atoms with van der Waals surface area (Å²) in [5, 5.41) is 25.6. The second-order valence-corrected chi connectivity index (χ2v) is 17.8. The Labute approximate surface area is 293 Å². The number of nitrogen functional groups attached to an aromatic ring is 1. The van der Waals surface area contributed by atoms with Crippen LogP contribution in [0.1, 0.15) is 13.3 Å². The Bertz CT molecular complexity index is 2520. The fraction of sp³-hybridized carbons (Fsp3) is 0.185. The topological polar surface area (TPSA) is 319 Å². The van der Waals surface area contributed by atoms with Gasteiger partial charge in [0.05, 0.1) is 56.3 Å². The number of rotatable bonds is 14. The molecule has 24 heteroatoms. The van der Waals surface area contributed by atoms with Gasteiger partial charge < -0.3 is 10.8 Å². The number of nitrogens with two attached hydrogens (primary N) is 1. The highest BCUT2D eigenvalue weighted by Crippen LogP contribution is 2.48. The molecule has 51 heavy (non-hydrogen) atoms. The number of sulfone groups is 1. The zero-order chi connectivity index (χ0) is 37.9. The molecule has 0 aliphatic carbocycles. The van der Waals surface area contributed by atoms with Crippen molar-refractivity contribution in [3.05, 3.63) is 60.7 Å². The second kappa shape index (κ2) is 15.1. The number of aromatic hydroxyl groups is 1. The van der Waals surface area contributed by atoms with Gasteiger partial charge in [0.2, 0.25) is 0 Å². The largest absolute Gasteiger partial charge is 0.505 e. The normalized spacial score (nSPS) is 13.7. The maximum Gasteiger partial charge on any atom is 0.397 e. The minimum Gasteiger partial charge on any atom is -0.505 e. The summed E-state index contributed by atoms with van der Waals surface area (Å²) in [5.74, 6) is -1.41. The minimum absolute atomic E-state index is 0.00522. The first-order chi connectivity index (χ1) is 23.6. The van der Waals surface area contributed by atoms with E-state index >= 15 is 0 Å². The molecule has 0 saturated heterocycles. The average molecular weight is 806 g/mol. The second-order valence-electron chi connectivity index (χ2n) is 10.3. The van der Waals surface area contributed by atoms with E-state index in [-0.39, 0.29) is 32.7 Å².